The molecule has 146 valence electrons. The van der Waals surface area contributed by atoms with E-state index in [4.69, 9.17) is 19.9 Å². The molecule has 0 heterocycles. The minimum absolute atomic E-state index is 0.0292. The molecule has 6 heteroatoms. The van der Waals surface area contributed by atoms with Crippen molar-refractivity contribution in [3.05, 3.63) is 53.6 Å². The third-order valence-electron chi connectivity index (χ3n) is 4.28. The summed E-state index contributed by atoms with van der Waals surface area (Å²) in [5.41, 5.74) is 7.54. The quantitative estimate of drug-likeness (QED) is 0.694. The average Bonchev–Trinajstić information content (AvgIpc) is 2.70. The molecule has 2 N–H and O–H groups in total. The number of amides is 1. The van der Waals surface area contributed by atoms with Crippen LogP contribution in [0.5, 0.6) is 17.2 Å². The number of carbonyl (C=O) groups is 1. The first-order valence-corrected chi connectivity index (χ1v) is 8.93. The predicted molar refractivity (Wildman–Crippen MR) is 105 cm³/mol. The summed E-state index contributed by atoms with van der Waals surface area (Å²) in [7, 11) is 4.68. The second-order valence-corrected chi connectivity index (χ2v) is 6.15. The zero-order chi connectivity index (χ0) is 19.6. The maximum Gasteiger partial charge on any atom is 0.227 e. The van der Waals surface area contributed by atoms with Crippen LogP contribution in [0, 0.1) is 0 Å². The normalized spacial score (nSPS) is 10.4. The monoisotopic (exact) mass is 372 g/mol. The average molecular weight is 372 g/mol. The standard InChI is InChI=1S/C21H28N2O4/c1-25-18-12-17(13-19(26-2)21(18)27-3)14-20(24)23(11-7-10-22)15-16-8-5-4-6-9-16/h4-6,8-9,12-13H,7,10-11,14-15,22H2,1-3H3. The third-order valence-corrected chi connectivity index (χ3v) is 4.28. The third kappa shape index (κ3) is 5.62. The van der Waals surface area contributed by atoms with Gasteiger partial charge < -0.3 is 24.8 Å². The number of carbonyl (C=O) groups excluding carboxylic acids is 1. The van der Waals surface area contributed by atoms with E-state index in [2.05, 4.69) is 0 Å². The molecule has 1 amide bonds. The lowest BCUT2D eigenvalue weighted by Gasteiger charge is -2.23. The summed E-state index contributed by atoms with van der Waals surface area (Å²) >= 11 is 0. The Morgan fingerprint density at radius 1 is 0.963 bits per heavy atom. The fourth-order valence-corrected chi connectivity index (χ4v) is 2.90. The van der Waals surface area contributed by atoms with Crippen LogP contribution in [0.3, 0.4) is 0 Å². The van der Waals surface area contributed by atoms with Crippen LogP contribution < -0.4 is 19.9 Å². The van der Waals surface area contributed by atoms with Crippen LogP contribution >= 0.6 is 0 Å². The number of hydrogen-bond acceptors (Lipinski definition) is 5. The predicted octanol–water partition coefficient (Wildman–Crippen LogP) is 2.63. The summed E-state index contributed by atoms with van der Waals surface area (Å²) < 4.78 is 16.1. The first-order chi connectivity index (χ1) is 13.1. The SMILES string of the molecule is COc1cc(CC(=O)N(CCCN)Cc2ccccc2)cc(OC)c1OC. The highest BCUT2D eigenvalue weighted by Gasteiger charge is 2.18. The Balaban J connectivity index is 2.20. The van der Waals surface area contributed by atoms with Gasteiger partial charge in [-0.3, -0.25) is 4.79 Å². The number of rotatable bonds is 10. The summed E-state index contributed by atoms with van der Waals surface area (Å²) in [6.07, 6.45) is 1.00. The van der Waals surface area contributed by atoms with Gasteiger partial charge in [-0.2, -0.15) is 0 Å². The molecule has 0 saturated heterocycles. The Kier molecular flexibility index (Phi) is 7.95. The van der Waals surface area contributed by atoms with E-state index in [1.54, 1.807) is 21.3 Å². The van der Waals surface area contributed by atoms with E-state index in [-0.39, 0.29) is 12.3 Å². The molecule has 0 bridgehead atoms. The number of nitrogens with zero attached hydrogens (tertiary/aromatic N) is 1. The highest BCUT2D eigenvalue weighted by atomic mass is 16.5. The fraction of sp³-hybridized carbons (Fsp3) is 0.381. The molecule has 0 radical (unpaired) electrons. The van der Waals surface area contributed by atoms with Crippen molar-refractivity contribution < 1.29 is 19.0 Å². The van der Waals surface area contributed by atoms with Gasteiger partial charge >= 0.3 is 0 Å². The van der Waals surface area contributed by atoms with Crippen molar-refractivity contribution in [2.75, 3.05) is 34.4 Å². The van der Waals surface area contributed by atoms with Crippen molar-refractivity contribution >= 4 is 5.91 Å². The van der Waals surface area contributed by atoms with E-state index < -0.39 is 0 Å². The van der Waals surface area contributed by atoms with E-state index in [0.717, 1.165) is 17.5 Å². The van der Waals surface area contributed by atoms with Gasteiger partial charge in [-0.15, -0.1) is 0 Å². The first kappa shape index (κ1) is 20.6. The first-order valence-electron chi connectivity index (χ1n) is 8.93. The van der Waals surface area contributed by atoms with Crippen LogP contribution in [0.15, 0.2) is 42.5 Å². The van der Waals surface area contributed by atoms with Gasteiger partial charge in [-0.05, 0) is 36.2 Å². The topological polar surface area (TPSA) is 74.0 Å². The Hall–Kier alpha value is -2.73. The van der Waals surface area contributed by atoms with Crippen LogP contribution in [0.2, 0.25) is 0 Å². The van der Waals surface area contributed by atoms with Gasteiger partial charge in [0.25, 0.3) is 0 Å². The van der Waals surface area contributed by atoms with Gasteiger partial charge in [0.1, 0.15) is 0 Å². The summed E-state index contributed by atoms with van der Waals surface area (Å²) in [4.78, 5) is 14.8. The second-order valence-electron chi connectivity index (χ2n) is 6.15. The molecule has 0 aromatic heterocycles. The molecule has 27 heavy (non-hydrogen) atoms. The number of benzene rings is 2. The van der Waals surface area contributed by atoms with E-state index >= 15 is 0 Å². The van der Waals surface area contributed by atoms with E-state index in [1.807, 2.05) is 47.4 Å². The largest absolute Gasteiger partial charge is 0.493 e. The molecule has 2 aromatic carbocycles. The lowest BCUT2D eigenvalue weighted by molar-refractivity contribution is -0.131. The Morgan fingerprint density at radius 2 is 1.59 bits per heavy atom. The van der Waals surface area contributed by atoms with Crippen molar-refractivity contribution in [1.82, 2.24) is 4.90 Å². The van der Waals surface area contributed by atoms with Gasteiger partial charge in [0.05, 0.1) is 27.8 Å². The summed E-state index contributed by atoms with van der Waals surface area (Å²) in [6.45, 7) is 1.72. The molecule has 0 spiro atoms. The minimum atomic E-state index is 0.0292. The zero-order valence-electron chi connectivity index (χ0n) is 16.2. The van der Waals surface area contributed by atoms with Gasteiger partial charge in [0, 0.05) is 13.1 Å². The van der Waals surface area contributed by atoms with Crippen molar-refractivity contribution in [2.45, 2.75) is 19.4 Å². The Labute approximate surface area is 160 Å². The second kappa shape index (κ2) is 10.4. The molecule has 2 aromatic rings. The minimum Gasteiger partial charge on any atom is -0.493 e. The lowest BCUT2D eigenvalue weighted by atomic mass is 10.1. The van der Waals surface area contributed by atoms with Gasteiger partial charge in [-0.25, -0.2) is 0 Å². The number of nitrogens with two attached hydrogens (primary N) is 1. The molecule has 0 atom stereocenters. The molecule has 0 saturated carbocycles. The smallest absolute Gasteiger partial charge is 0.227 e. The zero-order valence-corrected chi connectivity index (χ0v) is 16.2. The van der Waals surface area contributed by atoms with E-state index in [9.17, 15) is 4.79 Å². The van der Waals surface area contributed by atoms with Gasteiger partial charge in [0.15, 0.2) is 11.5 Å². The van der Waals surface area contributed by atoms with Crippen LogP contribution in [0.1, 0.15) is 17.5 Å². The number of ether oxygens (including phenoxy) is 3. The van der Waals surface area contributed by atoms with Crippen molar-refractivity contribution in [1.29, 1.82) is 0 Å². The van der Waals surface area contributed by atoms with E-state index in [0.29, 0.717) is 36.9 Å². The summed E-state index contributed by atoms with van der Waals surface area (Å²) in [5.74, 6) is 1.62. The molecule has 0 aliphatic carbocycles. The van der Waals surface area contributed by atoms with Gasteiger partial charge in [0.2, 0.25) is 11.7 Å². The van der Waals surface area contributed by atoms with Crippen LogP contribution in [0.4, 0.5) is 0 Å². The molecular formula is C21H28N2O4. The molecule has 0 aliphatic heterocycles. The Morgan fingerprint density at radius 3 is 2.11 bits per heavy atom. The Bertz CT molecular complexity index is 709. The molecule has 2 rings (SSSR count). The molecule has 0 aliphatic rings. The van der Waals surface area contributed by atoms with E-state index in [1.165, 1.54) is 0 Å². The lowest BCUT2D eigenvalue weighted by Crippen LogP contribution is -2.33. The molecule has 0 unspecified atom stereocenters. The maximum atomic E-state index is 12.9. The number of hydrogen-bond donors (Lipinski definition) is 1. The molecular weight excluding hydrogens is 344 g/mol. The molecule has 6 nitrogen and oxygen atoms in total. The molecule has 0 fully saturated rings. The number of methoxy groups -OCH3 is 3. The highest BCUT2D eigenvalue weighted by Crippen LogP contribution is 2.38. The highest BCUT2D eigenvalue weighted by molar-refractivity contribution is 5.79. The van der Waals surface area contributed by atoms with Crippen molar-refractivity contribution in [3.63, 3.8) is 0 Å². The fourth-order valence-electron chi connectivity index (χ4n) is 2.90. The van der Waals surface area contributed by atoms with Crippen LogP contribution in [-0.2, 0) is 17.8 Å². The van der Waals surface area contributed by atoms with Crippen molar-refractivity contribution in [2.24, 2.45) is 5.73 Å². The maximum absolute atomic E-state index is 12.9. The van der Waals surface area contributed by atoms with Crippen LogP contribution in [0.25, 0.3) is 0 Å². The van der Waals surface area contributed by atoms with Gasteiger partial charge in [-0.1, -0.05) is 30.3 Å². The van der Waals surface area contributed by atoms with Crippen LogP contribution in [-0.4, -0.2) is 45.2 Å². The summed E-state index contributed by atoms with van der Waals surface area (Å²) in [5, 5.41) is 0. The van der Waals surface area contributed by atoms with Crippen molar-refractivity contribution in [3.8, 4) is 17.2 Å². The summed E-state index contributed by atoms with van der Waals surface area (Å²) in [6, 6.07) is 13.6.